The third-order valence-corrected chi connectivity index (χ3v) is 3.41. The zero-order chi connectivity index (χ0) is 12.6. The van der Waals surface area contributed by atoms with E-state index in [1.54, 1.807) is 4.90 Å². The van der Waals surface area contributed by atoms with Gasteiger partial charge in [0.2, 0.25) is 0 Å². The molecular formula is C11H11BrF2N2O. The predicted molar refractivity (Wildman–Crippen MR) is 62.6 cm³/mol. The van der Waals surface area contributed by atoms with E-state index in [4.69, 9.17) is 5.73 Å². The molecule has 6 heteroatoms. The van der Waals surface area contributed by atoms with Gasteiger partial charge in [0, 0.05) is 23.6 Å². The molecule has 3 nitrogen and oxygen atoms in total. The van der Waals surface area contributed by atoms with Gasteiger partial charge in [-0.3, -0.25) is 4.79 Å². The van der Waals surface area contributed by atoms with E-state index in [1.165, 1.54) is 0 Å². The Kier molecular flexibility index (Phi) is 3.44. The summed E-state index contributed by atoms with van der Waals surface area (Å²) in [4.78, 5) is 13.6. The molecule has 1 saturated heterocycles. The highest BCUT2D eigenvalue weighted by molar-refractivity contribution is 9.10. The summed E-state index contributed by atoms with van der Waals surface area (Å²) < 4.78 is 26.3. The number of likely N-dealkylation sites (tertiary alicyclic amines) is 1. The molecule has 1 aliphatic rings. The molecule has 0 aromatic heterocycles. The lowest BCUT2D eigenvalue weighted by Gasteiger charge is -2.16. The van der Waals surface area contributed by atoms with Crippen LogP contribution in [0.1, 0.15) is 16.8 Å². The van der Waals surface area contributed by atoms with E-state index in [0.29, 0.717) is 13.1 Å². The van der Waals surface area contributed by atoms with Crippen LogP contribution in [0.2, 0.25) is 0 Å². The second kappa shape index (κ2) is 4.70. The summed E-state index contributed by atoms with van der Waals surface area (Å²) in [5.74, 6) is -2.34. The molecule has 2 N–H and O–H groups in total. The summed E-state index contributed by atoms with van der Waals surface area (Å²) >= 11 is 3.06. The van der Waals surface area contributed by atoms with Crippen molar-refractivity contribution in [1.29, 1.82) is 0 Å². The summed E-state index contributed by atoms with van der Waals surface area (Å²) in [5, 5.41) is 0. The lowest BCUT2D eigenvalue weighted by atomic mass is 10.2. The van der Waals surface area contributed by atoms with Crippen LogP contribution in [0.5, 0.6) is 0 Å². The molecule has 1 atom stereocenters. The smallest absolute Gasteiger partial charge is 0.255 e. The molecule has 1 heterocycles. The third kappa shape index (κ3) is 2.47. The lowest BCUT2D eigenvalue weighted by molar-refractivity contribution is 0.0789. The first kappa shape index (κ1) is 12.4. The zero-order valence-corrected chi connectivity index (χ0v) is 10.5. The van der Waals surface area contributed by atoms with E-state index in [1.807, 2.05) is 0 Å². The fourth-order valence-corrected chi connectivity index (χ4v) is 2.31. The molecule has 92 valence electrons. The average Bonchev–Trinajstić information content (AvgIpc) is 2.69. The van der Waals surface area contributed by atoms with E-state index in [-0.39, 0.29) is 22.0 Å². The van der Waals surface area contributed by atoms with Gasteiger partial charge in [-0.05, 0) is 34.5 Å². The highest BCUT2D eigenvalue weighted by Crippen LogP contribution is 2.23. The Balaban J connectivity index is 2.28. The molecule has 1 amide bonds. The number of amides is 1. The van der Waals surface area contributed by atoms with Crippen molar-refractivity contribution >= 4 is 21.8 Å². The van der Waals surface area contributed by atoms with Crippen molar-refractivity contribution in [2.24, 2.45) is 5.73 Å². The maximum Gasteiger partial charge on any atom is 0.255 e. The Morgan fingerprint density at radius 1 is 1.41 bits per heavy atom. The fourth-order valence-electron chi connectivity index (χ4n) is 1.83. The van der Waals surface area contributed by atoms with Crippen molar-refractivity contribution in [2.75, 3.05) is 13.1 Å². The van der Waals surface area contributed by atoms with Crippen LogP contribution >= 0.6 is 15.9 Å². The minimum absolute atomic E-state index is 0.0389. The number of hydrogen-bond donors (Lipinski definition) is 1. The molecule has 0 spiro atoms. The topological polar surface area (TPSA) is 46.3 Å². The molecule has 1 unspecified atom stereocenters. The normalized spacial score (nSPS) is 19.8. The van der Waals surface area contributed by atoms with Gasteiger partial charge in [-0.2, -0.15) is 0 Å². The SMILES string of the molecule is NC1CCN(C(=O)c2cc(F)c(F)cc2Br)C1. The first-order valence-electron chi connectivity index (χ1n) is 5.18. The first-order valence-corrected chi connectivity index (χ1v) is 5.97. The molecule has 0 aliphatic carbocycles. The van der Waals surface area contributed by atoms with E-state index in [0.717, 1.165) is 18.6 Å². The molecule has 2 rings (SSSR count). The monoisotopic (exact) mass is 304 g/mol. The molecule has 0 bridgehead atoms. The van der Waals surface area contributed by atoms with Crippen LogP contribution in [0, 0.1) is 11.6 Å². The van der Waals surface area contributed by atoms with E-state index < -0.39 is 11.6 Å². The van der Waals surface area contributed by atoms with E-state index in [2.05, 4.69) is 15.9 Å². The number of benzene rings is 1. The summed E-state index contributed by atoms with van der Waals surface area (Å²) in [6.07, 6.45) is 0.729. The molecule has 1 aromatic carbocycles. The number of carbonyl (C=O) groups excluding carboxylic acids is 1. The molecule has 1 aromatic rings. The van der Waals surface area contributed by atoms with Crippen molar-refractivity contribution < 1.29 is 13.6 Å². The predicted octanol–water partition coefficient (Wildman–Crippen LogP) is 1.90. The van der Waals surface area contributed by atoms with Crippen LogP contribution in [0.3, 0.4) is 0 Å². The highest BCUT2D eigenvalue weighted by atomic mass is 79.9. The maximum atomic E-state index is 13.1. The zero-order valence-electron chi connectivity index (χ0n) is 8.92. The van der Waals surface area contributed by atoms with Crippen molar-refractivity contribution in [3.63, 3.8) is 0 Å². The number of hydrogen-bond acceptors (Lipinski definition) is 2. The fraction of sp³-hybridized carbons (Fsp3) is 0.364. The maximum absolute atomic E-state index is 13.1. The second-order valence-electron chi connectivity index (χ2n) is 4.05. The van der Waals surface area contributed by atoms with Gasteiger partial charge in [-0.25, -0.2) is 8.78 Å². The van der Waals surface area contributed by atoms with E-state index >= 15 is 0 Å². The number of rotatable bonds is 1. The van der Waals surface area contributed by atoms with Crippen LogP contribution in [0.25, 0.3) is 0 Å². The van der Waals surface area contributed by atoms with Crippen molar-refractivity contribution in [1.82, 2.24) is 4.90 Å². The standard InChI is InChI=1S/C11H11BrF2N2O/c12-8-4-10(14)9(13)3-7(8)11(17)16-2-1-6(15)5-16/h3-4,6H,1-2,5,15H2. The summed E-state index contributed by atoms with van der Waals surface area (Å²) in [7, 11) is 0. The molecule has 1 fully saturated rings. The van der Waals surface area contributed by atoms with Gasteiger partial charge >= 0.3 is 0 Å². The molecule has 0 saturated carbocycles. The third-order valence-electron chi connectivity index (χ3n) is 2.75. The van der Waals surface area contributed by atoms with Gasteiger partial charge in [-0.1, -0.05) is 0 Å². The molecule has 17 heavy (non-hydrogen) atoms. The van der Waals surface area contributed by atoms with Gasteiger partial charge in [0.05, 0.1) is 5.56 Å². The minimum Gasteiger partial charge on any atom is -0.337 e. The average molecular weight is 305 g/mol. The Morgan fingerprint density at radius 3 is 2.65 bits per heavy atom. The van der Waals surface area contributed by atoms with Gasteiger partial charge in [0.15, 0.2) is 11.6 Å². The van der Waals surface area contributed by atoms with Gasteiger partial charge in [0.1, 0.15) is 0 Å². The van der Waals surface area contributed by atoms with Crippen LogP contribution in [0.15, 0.2) is 16.6 Å². The summed E-state index contributed by atoms with van der Waals surface area (Å²) in [6, 6.07) is 1.83. The van der Waals surface area contributed by atoms with Gasteiger partial charge in [-0.15, -0.1) is 0 Å². The minimum atomic E-state index is -1.03. The Labute approximate surface area is 106 Å². The Hall–Kier alpha value is -1.01. The Bertz CT molecular complexity index is 467. The second-order valence-corrected chi connectivity index (χ2v) is 4.90. The quantitative estimate of drug-likeness (QED) is 0.806. The summed E-state index contributed by atoms with van der Waals surface area (Å²) in [6.45, 7) is 0.996. The van der Waals surface area contributed by atoms with Crippen molar-refractivity contribution in [3.8, 4) is 0 Å². The largest absolute Gasteiger partial charge is 0.337 e. The van der Waals surface area contributed by atoms with Gasteiger partial charge in [0.25, 0.3) is 5.91 Å². The number of carbonyl (C=O) groups is 1. The van der Waals surface area contributed by atoms with Gasteiger partial charge < -0.3 is 10.6 Å². The molecular weight excluding hydrogens is 294 g/mol. The first-order chi connectivity index (χ1) is 7.99. The van der Waals surface area contributed by atoms with Crippen LogP contribution in [-0.2, 0) is 0 Å². The highest BCUT2D eigenvalue weighted by Gasteiger charge is 2.26. The lowest BCUT2D eigenvalue weighted by Crippen LogP contribution is -2.32. The number of nitrogens with two attached hydrogens (primary N) is 1. The Morgan fingerprint density at radius 2 is 2.06 bits per heavy atom. The van der Waals surface area contributed by atoms with Crippen LogP contribution in [-0.4, -0.2) is 29.9 Å². The number of halogens is 3. The van der Waals surface area contributed by atoms with Crippen LogP contribution in [0.4, 0.5) is 8.78 Å². The van der Waals surface area contributed by atoms with Crippen molar-refractivity contribution in [3.05, 3.63) is 33.8 Å². The van der Waals surface area contributed by atoms with E-state index in [9.17, 15) is 13.6 Å². The molecule has 1 aliphatic heterocycles. The number of nitrogens with zero attached hydrogens (tertiary/aromatic N) is 1. The summed E-state index contributed by atoms with van der Waals surface area (Å²) in [5.41, 5.74) is 5.82. The van der Waals surface area contributed by atoms with Crippen LogP contribution < -0.4 is 5.73 Å². The molecule has 0 radical (unpaired) electrons. The van der Waals surface area contributed by atoms with Crippen molar-refractivity contribution in [2.45, 2.75) is 12.5 Å².